The SMILES string of the molecule is Cc1cc(C(=O)N2CCC(c3nc4c(-c5ccc(-c6ccccc6)nc5)cnn4c(N)c3C=O)CC2)[nH]n1. The summed E-state index contributed by atoms with van der Waals surface area (Å²) in [6, 6.07) is 15.7. The zero-order valence-corrected chi connectivity index (χ0v) is 20.8. The van der Waals surface area contributed by atoms with Crippen LogP contribution in [0.5, 0.6) is 0 Å². The maximum atomic E-state index is 12.8. The van der Waals surface area contributed by atoms with Crippen LogP contribution in [0.15, 0.2) is 60.9 Å². The number of nitrogens with one attached hydrogen (secondary N) is 1. The van der Waals surface area contributed by atoms with E-state index in [1.54, 1.807) is 23.4 Å². The Bertz CT molecular complexity index is 1630. The number of pyridine rings is 1. The Morgan fingerprint density at radius 2 is 1.87 bits per heavy atom. The van der Waals surface area contributed by atoms with E-state index < -0.39 is 0 Å². The lowest BCUT2D eigenvalue weighted by molar-refractivity contribution is 0.0705. The number of aldehydes is 1. The number of carbonyl (C=O) groups is 2. The van der Waals surface area contributed by atoms with Gasteiger partial charge in [0.2, 0.25) is 0 Å². The van der Waals surface area contributed by atoms with Crippen LogP contribution in [0.4, 0.5) is 5.82 Å². The highest BCUT2D eigenvalue weighted by Crippen LogP contribution is 2.34. The minimum absolute atomic E-state index is 0.0172. The Balaban J connectivity index is 1.30. The van der Waals surface area contributed by atoms with E-state index >= 15 is 0 Å². The van der Waals surface area contributed by atoms with Crippen molar-refractivity contribution in [2.45, 2.75) is 25.7 Å². The topological polar surface area (TPSA) is 135 Å². The molecule has 0 spiro atoms. The van der Waals surface area contributed by atoms with E-state index in [9.17, 15) is 9.59 Å². The van der Waals surface area contributed by atoms with Crippen molar-refractivity contribution < 1.29 is 9.59 Å². The van der Waals surface area contributed by atoms with Gasteiger partial charge in [-0.1, -0.05) is 36.4 Å². The second-order valence-electron chi connectivity index (χ2n) is 9.50. The number of benzene rings is 1. The van der Waals surface area contributed by atoms with E-state index in [0.29, 0.717) is 48.5 Å². The molecule has 0 aliphatic carbocycles. The summed E-state index contributed by atoms with van der Waals surface area (Å²) < 4.78 is 1.51. The average molecular weight is 507 g/mol. The van der Waals surface area contributed by atoms with Crippen LogP contribution in [0, 0.1) is 6.92 Å². The van der Waals surface area contributed by atoms with Gasteiger partial charge in [-0.15, -0.1) is 0 Å². The zero-order chi connectivity index (χ0) is 26.2. The van der Waals surface area contributed by atoms with Crippen LogP contribution in [-0.2, 0) is 0 Å². The Morgan fingerprint density at radius 1 is 1.08 bits per heavy atom. The van der Waals surface area contributed by atoms with Gasteiger partial charge in [0.25, 0.3) is 5.91 Å². The normalized spacial score (nSPS) is 14.2. The fourth-order valence-electron chi connectivity index (χ4n) is 5.07. The van der Waals surface area contributed by atoms with Crippen molar-refractivity contribution in [3.05, 3.63) is 83.6 Å². The fourth-order valence-corrected chi connectivity index (χ4v) is 5.07. The molecule has 1 fully saturated rings. The monoisotopic (exact) mass is 506 g/mol. The summed E-state index contributed by atoms with van der Waals surface area (Å²) in [5.41, 5.74) is 12.8. The Kier molecular flexibility index (Phi) is 5.91. The molecular weight excluding hydrogens is 480 g/mol. The van der Waals surface area contributed by atoms with Crippen LogP contribution >= 0.6 is 0 Å². The third kappa shape index (κ3) is 4.09. The summed E-state index contributed by atoms with van der Waals surface area (Å²) in [5, 5.41) is 11.3. The van der Waals surface area contributed by atoms with E-state index in [0.717, 1.165) is 34.4 Å². The van der Waals surface area contributed by atoms with Crippen LogP contribution in [0.2, 0.25) is 0 Å². The molecule has 1 aromatic carbocycles. The zero-order valence-electron chi connectivity index (χ0n) is 20.8. The van der Waals surface area contributed by atoms with Crippen molar-refractivity contribution in [1.82, 2.24) is 34.7 Å². The molecule has 0 atom stereocenters. The van der Waals surface area contributed by atoms with Gasteiger partial charge in [-0.25, -0.2) is 4.98 Å². The van der Waals surface area contributed by atoms with Crippen molar-refractivity contribution in [3.63, 3.8) is 0 Å². The van der Waals surface area contributed by atoms with Crippen molar-refractivity contribution in [1.29, 1.82) is 0 Å². The molecule has 0 bridgehead atoms. The minimum Gasteiger partial charge on any atom is -0.383 e. The highest BCUT2D eigenvalue weighted by atomic mass is 16.2. The Morgan fingerprint density at radius 3 is 2.53 bits per heavy atom. The molecule has 5 heterocycles. The number of aromatic amines is 1. The standard InChI is InChI=1S/C28H26N8O2/c1-17-13-24(34-33-17)28(38)35-11-9-19(10-12-35)25-22(16-37)26(29)36-27(32-25)21(15-31-36)20-7-8-23(30-14-20)18-5-3-2-4-6-18/h2-8,13-16,19H,9-12,29H2,1H3,(H,33,34). The lowest BCUT2D eigenvalue weighted by Gasteiger charge is -2.32. The van der Waals surface area contributed by atoms with Gasteiger partial charge >= 0.3 is 0 Å². The maximum Gasteiger partial charge on any atom is 0.271 e. The minimum atomic E-state index is -0.0767. The predicted molar refractivity (Wildman–Crippen MR) is 143 cm³/mol. The Hall–Kier alpha value is -4.86. The number of hydrogen-bond donors (Lipinski definition) is 2. The molecule has 5 aromatic rings. The molecule has 10 nitrogen and oxygen atoms in total. The van der Waals surface area contributed by atoms with E-state index in [-0.39, 0.29) is 17.6 Å². The lowest BCUT2D eigenvalue weighted by Crippen LogP contribution is -2.38. The number of fused-ring (bicyclic) bond motifs is 1. The van der Waals surface area contributed by atoms with Gasteiger partial charge in [-0.3, -0.25) is 19.7 Å². The summed E-state index contributed by atoms with van der Waals surface area (Å²) in [7, 11) is 0. The quantitative estimate of drug-likeness (QED) is 0.345. The second kappa shape index (κ2) is 9.55. The van der Waals surface area contributed by atoms with Crippen LogP contribution in [0.3, 0.4) is 0 Å². The molecule has 6 rings (SSSR count). The first-order chi connectivity index (χ1) is 18.5. The first-order valence-electron chi connectivity index (χ1n) is 12.5. The van der Waals surface area contributed by atoms with Crippen LogP contribution < -0.4 is 5.73 Å². The largest absolute Gasteiger partial charge is 0.383 e. The van der Waals surface area contributed by atoms with Crippen molar-refractivity contribution in [2.24, 2.45) is 0 Å². The fraction of sp³-hybridized carbons (Fsp3) is 0.214. The molecule has 1 saturated heterocycles. The lowest BCUT2D eigenvalue weighted by atomic mass is 9.90. The van der Waals surface area contributed by atoms with Crippen molar-refractivity contribution in [3.8, 4) is 22.4 Å². The maximum absolute atomic E-state index is 12.8. The number of likely N-dealkylation sites (tertiary alicyclic amines) is 1. The molecular formula is C28H26N8O2. The van der Waals surface area contributed by atoms with E-state index in [2.05, 4.69) is 20.3 Å². The third-order valence-electron chi connectivity index (χ3n) is 7.12. The number of piperidine rings is 1. The number of anilines is 1. The van der Waals surface area contributed by atoms with Crippen molar-refractivity contribution in [2.75, 3.05) is 18.8 Å². The molecule has 0 saturated carbocycles. The number of nitrogens with two attached hydrogens (primary N) is 1. The summed E-state index contributed by atoms with van der Waals surface area (Å²) >= 11 is 0. The second-order valence-corrected chi connectivity index (χ2v) is 9.50. The molecule has 1 amide bonds. The van der Waals surface area contributed by atoms with Gasteiger partial charge in [-0.05, 0) is 31.9 Å². The van der Waals surface area contributed by atoms with E-state index in [4.69, 9.17) is 10.7 Å². The number of H-pyrrole nitrogens is 1. The van der Waals surface area contributed by atoms with Gasteiger partial charge in [0.05, 0.1) is 28.8 Å². The third-order valence-corrected chi connectivity index (χ3v) is 7.12. The van der Waals surface area contributed by atoms with E-state index in [1.165, 1.54) is 4.52 Å². The first kappa shape index (κ1) is 23.5. The van der Waals surface area contributed by atoms with E-state index in [1.807, 2.05) is 49.4 Å². The van der Waals surface area contributed by atoms with Crippen LogP contribution in [-0.4, -0.2) is 60.0 Å². The smallest absolute Gasteiger partial charge is 0.271 e. The first-order valence-corrected chi connectivity index (χ1v) is 12.5. The molecule has 1 aliphatic rings. The molecule has 38 heavy (non-hydrogen) atoms. The molecule has 0 radical (unpaired) electrons. The summed E-state index contributed by atoms with van der Waals surface area (Å²) in [6.45, 7) is 2.93. The molecule has 0 unspecified atom stereocenters. The molecule has 1 aliphatic heterocycles. The predicted octanol–water partition coefficient (Wildman–Crippen LogP) is 3.90. The number of carbonyl (C=O) groups excluding carboxylic acids is 2. The molecule has 10 heteroatoms. The van der Waals surface area contributed by atoms with Crippen LogP contribution in [0.1, 0.15) is 51.0 Å². The van der Waals surface area contributed by atoms with Crippen molar-refractivity contribution >= 4 is 23.7 Å². The summed E-state index contributed by atoms with van der Waals surface area (Å²) in [5.74, 6) is 0.162. The molecule has 3 N–H and O–H groups in total. The van der Waals surface area contributed by atoms with Gasteiger partial charge < -0.3 is 10.6 Å². The van der Waals surface area contributed by atoms with Gasteiger partial charge in [0.15, 0.2) is 11.9 Å². The molecule has 190 valence electrons. The van der Waals surface area contributed by atoms with Gasteiger partial charge in [0.1, 0.15) is 11.5 Å². The van der Waals surface area contributed by atoms with Gasteiger partial charge in [-0.2, -0.15) is 14.7 Å². The van der Waals surface area contributed by atoms with Crippen LogP contribution in [0.25, 0.3) is 28.0 Å². The average Bonchev–Trinajstić information content (AvgIpc) is 3.60. The molecule has 4 aromatic heterocycles. The number of nitrogen functional groups attached to an aromatic ring is 1. The number of aryl methyl sites for hydroxylation is 1. The number of aromatic nitrogens is 6. The highest BCUT2D eigenvalue weighted by Gasteiger charge is 2.29. The Labute approximate surface area is 218 Å². The number of rotatable bonds is 5. The van der Waals surface area contributed by atoms with Gasteiger partial charge in [0, 0.05) is 41.9 Å². The number of nitrogens with zero attached hydrogens (tertiary/aromatic N) is 6. The number of amides is 1. The highest BCUT2D eigenvalue weighted by molar-refractivity contribution is 5.92. The summed E-state index contributed by atoms with van der Waals surface area (Å²) in [4.78, 5) is 36.3. The number of hydrogen-bond acceptors (Lipinski definition) is 7. The summed E-state index contributed by atoms with van der Waals surface area (Å²) in [6.07, 6.45) is 5.58.